The zero-order valence-electron chi connectivity index (χ0n) is 19.4. The molecule has 0 bridgehead atoms. The van der Waals surface area contributed by atoms with E-state index in [1.165, 1.54) is 5.57 Å². The number of benzene rings is 2. The van der Waals surface area contributed by atoms with Gasteiger partial charge < -0.3 is 15.2 Å². The van der Waals surface area contributed by atoms with Gasteiger partial charge in [0, 0.05) is 11.4 Å². The summed E-state index contributed by atoms with van der Waals surface area (Å²) in [6.07, 6.45) is 4.38. The summed E-state index contributed by atoms with van der Waals surface area (Å²) in [5.41, 5.74) is 5.84. The van der Waals surface area contributed by atoms with Gasteiger partial charge in [-0.3, -0.25) is 4.79 Å². The largest absolute Gasteiger partial charge is 0.501 e. The van der Waals surface area contributed by atoms with Crippen molar-refractivity contribution in [3.05, 3.63) is 105 Å². The molecule has 0 spiro atoms. The lowest BCUT2D eigenvalue weighted by molar-refractivity contribution is -0.115. The molecule has 1 atom stereocenters. The second-order valence-corrected chi connectivity index (χ2v) is 9.17. The van der Waals surface area contributed by atoms with E-state index in [2.05, 4.69) is 11.4 Å². The summed E-state index contributed by atoms with van der Waals surface area (Å²) < 4.78 is 5.46. The number of carbonyl (C=O) groups excluding carboxylic acids is 1. The Hall–Kier alpha value is -3.48. The summed E-state index contributed by atoms with van der Waals surface area (Å²) in [6, 6.07) is 16.4. The van der Waals surface area contributed by atoms with E-state index < -0.39 is 6.10 Å². The smallest absolute Gasteiger partial charge is 0.229 e. The van der Waals surface area contributed by atoms with Gasteiger partial charge in [0.15, 0.2) is 5.82 Å². The van der Waals surface area contributed by atoms with Crippen molar-refractivity contribution in [1.29, 1.82) is 0 Å². The maximum absolute atomic E-state index is 12.9. The van der Waals surface area contributed by atoms with Crippen molar-refractivity contribution in [3.8, 4) is 0 Å². The number of aliphatic hydroxyl groups is 1. The first-order chi connectivity index (χ1) is 17.0. The van der Waals surface area contributed by atoms with Crippen LogP contribution < -0.4 is 5.32 Å². The van der Waals surface area contributed by atoms with Gasteiger partial charge in [-0.1, -0.05) is 54.1 Å². The summed E-state index contributed by atoms with van der Waals surface area (Å²) in [4.78, 5) is 22.7. The Morgan fingerprint density at radius 2 is 1.83 bits per heavy atom. The number of halogens is 1. The Labute approximate surface area is 209 Å². The quantitative estimate of drug-likeness (QED) is 0.485. The number of amides is 1. The minimum Gasteiger partial charge on any atom is -0.501 e. The van der Waals surface area contributed by atoms with Crippen molar-refractivity contribution >= 4 is 28.9 Å². The van der Waals surface area contributed by atoms with Crippen LogP contribution in [-0.4, -0.2) is 28.1 Å². The molecular formula is C28H26ClN3O3. The van der Waals surface area contributed by atoms with Gasteiger partial charge in [-0.2, -0.15) is 0 Å². The molecular weight excluding hydrogens is 462 g/mol. The lowest BCUT2D eigenvalue weighted by Crippen LogP contribution is -2.22. The molecule has 0 radical (unpaired) electrons. The maximum atomic E-state index is 12.9. The van der Waals surface area contributed by atoms with Gasteiger partial charge in [-0.05, 0) is 59.7 Å². The number of anilines is 1. The summed E-state index contributed by atoms with van der Waals surface area (Å²) in [5, 5.41) is 14.8. The van der Waals surface area contributed by atoms with Crippen LogP contribution in [0.5, 0.6) is 0 Å². The van der Waals surface area contributed by atoms with Crippen LogP contribution in [-0.2, 0) is 22.4 Å². The van der Waals surface area contributed by atoms with Crippen molar-refractivity contribution in [2.75, 3.05) is 12.4 Å². The number of allylic oxidation sites excluding steroid dienone is 4. The molecule has 178 valence electrons. The van der Waals surface area contributed by atoms with Crippen LogP contribution in [0.2, 0.25) is 5.02 Å². The number of aliphatic hydroxyl groups excluding tert-OH is 1. The molecule has 2 aliphatic carbocycles. The number of hydrogen-bond acceptors (Lipinski definition) is 5. The topological polar surface area (TPSA) is 84.3 Å². The van der Waals surface area contributed by atoms with E-state index in [9.17, 15) is 9.90 Å². The minimum atomic E-state index is -1.03. The van der Waals surface area contributed by atoms with Crippen LogP contribution in [0.1, 0.15) is 53.6 Å². The molecule has 35 heavy (non-hydrogen) atoms. The monoisotopic (exact) mass is 487 g/mol. The zero-order chi connectivity index (χ0) is 24.4. The Morgan fingerprint density at radius 1 is 1.06 bits per heavy atom. The summed E-state index contributed by atoms with van der Waals surface area (Å²) in [5.74, 6) is 1.03. The number of hydrogen-bond donors (Lipinski definition) is 2. The highest BCUT2D eigenvalue weighted by Gasteiger charge is 2.28. The predicted octanol–water partition coefficient (Wildman–Crippen LogP) is 5.42. The normalized spacial score (nSPS) is 15.6. The van der Waals surface area contributed by atoms with Gasteiger partial charge in [0.2, 0.25) is 5.91 Å². The molecule has 0 saturated carbocycles. The van der Waals surface area contributed by atoms with Gasteiger partial charge in [-0.15, -0.1) is 0 Å². The highest BCUT2D eigenvalue weighted by Crippen LogP contribution is 2.39. The predicted molar refractivity (Wildman–Crippen MR) is 136 cm³/mol. The SMILES string of the molecule is COC1=CC2=C(CC1)c1nc(C(O)c3ccccc3)c(NC(=O)Cc3ccc(Cl)cc3)nc1CC2. The van der Waals surface area contributed by atoms with Gasteiger partial charge >= 0.3 is 0 Å². The number of ether oxygens (including phenoxy) is 1. The van der Waals surface area contributed by atoms with Crippen LogP contribution in [0.3, 0.4) is 0 Å². The van der Waals surface area contributed by atoms with Crippen molar-refractivity contribution in [2.24, 2.45) is 0 Å². The first-order valence-corrected chi connectivity index (χ1v) is 12.0. The fraction of sp³-hybridized carbons (Fsp3) is 0.250. The average molecular weight is 488 g/mol. The second kappa shape index (κ2) is 10.0. The Bertz CT molecular complexity index is 1320. The fourth-order valence-corrected chi connectivity index (χ4v) is 4.73. The van der Waals surface area contributed by atoms with Gasteiger partial charge in [-0.25, -0.2) is 9.97 Å². The van der Waals surface area contributed by atoms with E-state index in [0.29, 0.717) is 28.5 Å². The molecule has 0 fully saturated rings. The number of aryl methyl sites for hydroxylation is 1. The van der Waals surface area contributed by atoms with Gasteiger partial charge in [0.1, 0.15) is 11.8 Å². The summed E-state index contributed by atoms with van der Waals surface area (Å²) in [7, 11) is 1.70. The van der Waals surface area contributed by atoms with E-state index in [-0.39, 0.29) is 12.3 Å². The van der Waals surface area contributed by atoms with Crippen molar-refractivity contribution in [3.63, 3.8) is 0 Å². The number of nitrogens with one attached hydrogen (secondary N) is 1. The van der Waals surface area contributed by atoms with Crippen LogP contribution in [0.15, 0.2) is 72.0 Å². The molecule has 5 rings (SSSR count). The molecule has 2 N–H and O–H groups in total. The lowest BCUT2D eigenvalue weighted by Gasteiger charge is -2.27. The molecule has 0 aliphatic heterocycles. The number of methoxy groups -OCH3 is 1. The highest BCUT2D eigenvalue weighted by atomic mass is 35.5. The molecule has 1 aromatic heterocycles. The van der Waals surface area contributed by atoms with Crippen molar-refractivity contribution in [2.45, 2.75) is 38.2 Å². The highest BCUT2D eigenvalue weighted by molar-refractivity contribution is 6.30. The zero-order valence-corrected chi connectivity index (χ0v) is 20.2. The third kappa shape index (κ3) is 4.99. The number of fused-ring (bicyclic) bond motifs is 2. The number of aromatic nitrogens is 2. The van der Waals surface area contributed by atoms with E-state index in [1.807, 2.05) is 42.5 Å². The van der Waals surface area contributed by atoms with Crippen LogP contribution in [0, 0.1) is 0 Å². The van der Waals surface area contributed by atoms with Gasteiger partial charge in [0.25, 0.3) is 0 Å². The van der Waals surface area contributed by atoms with Gasteiger partial charge in [0.05, 0.1) is 30.7 Å². The first-order valence-electron chi connectivity index (χ1n) is 11.7. The Kier molecular flexibility index (Phi) is 6.66. The third-order valence-electron chi connectivity index (χ3n) is 6.43. The fourth-order valence-electron chi connectivity index (χ4n) is 4.61. The molecule has 2 aromatic carbocycles. The summed E-state index contributed by atoms with van der Waals surface area (Å²) in [6.45, 7) is 0. The van der Waals surface area contributed by atoms with Crippen molar-refractivity contribution in [1.82, 2.24) is 9.97 Å². The number of nitrogens with zero attached hydrogens (tertiary/aromatic N) is 2. The summed E-state index contributed by atoms with van der Waals surface area (Å²) >= 11 is 5.96. The maximum Gasteiger partial charge on any atom is 0.229 e. The Morgan fingerprint density at radius 3 is 2.57 bits per heavy atom. The molecule has 1 heterocycles. The third-order valence-corrected chi connectivity index (χ3v) is 6.68. The molecule has 6 nitrogen and oxygen atoms in total. The van der Waals surface area contributed by atoms with Crippen LogP contribution in [0.25, 0.3) is 5.57 Å². The van der Waals surface area contributed by atoms with E-state index in [1.54, 1.807) is 19.2 Å². The Balaban J connectivity index is 1.52. The molecule has 2 aliphatic rings. The first kappa shape index (κ1) is 23.3. The van der Waals surface area contributed by atoms with E-state index >= 15 is 0 Å². The van der Waals surface area contributed by atoms with E-state index in [4.69, 9.17) is 26.3 Å². The second-order valence-electron chi connectivity index (χ2n) is 8.74. The standard InChI is InChI=1S/C28H26ClN3O3/c1-35-21-12-13-22-19(16-21)9-14-23-25(22)32-26(27(34)18-5-3-2-4-6-18)28(30-23)31-24(33)15-17-7-10-20(29)11-8-17/h2-8,10-11,16,27,34H,9,12-15H2,1H3,(H,30,31,33). The lowest BCUT2D eigenvalue weighted by atomic mass is 9.85. The molecule has 1 unspecified atom stereocenters. The minimum absolute atomic E-state index is 0.163. The average Bonchev–Trinajstić information content (AvgIpc) is 2.89. The number of rotatable bonds is 6. The van der Waals surface area contributed by atoms with Crippen LogP contribution in [0.4, 0.5) is 5.82 Å². The molecule has 0 saturated heterocycles. The van der Waals surface area contributed by atoms with E-state index in [0.717, 1.165) is 47.5 Å². The molecule has 1 amide bonds. The molecule has 3 aromatic rings. The van der Waals surface area contributed by atoms with Crippen molar-refractivity contribution < 1.29 is 14.6 Å². The number of carbonyl (C=O) groups is 1. The molecule has 7 heteroatoms. The van der Waals surface area contributed by atoms with Crippen LogP contribution >= 0.6 is 11.6 Å².